The fourth-order valence-electron chi connectivity index (χ4n) is 2.94. The maximum Gasteiger partial charge on any atom is 0.261 e. The van der Waals surface area contributed by atoms with Crippen molar-refractivity contribution in [3.63, 3.8) is 0 Å². The molecule has 0 fully saturated rings. The Bertz CT molecular complexity index is 1060. The van der Waals surface area contributed by atoms with Crippen molar-refractivity contribution in [2.24, 2.45) is 0 Å². The summed E-state index contributed by atoms with van der Waals surface area (Å²) in [5.41, 5.74) is 1.06. The maximum atomic E-state index is 12.5. The lowest BCUT2D eigenvalue weighted by Crippen LogP contribution is -2.35. The number of aromatic nitrogens is 2. The molecule has 1 aliphatic heterocycles. The molecule has 1 aromatic heterocycles. The molecule has 0 bridgehead atoms. The molecule has 3 aromatic rings. The van der Waals surface area contributed by atoms with Gasteiger partial charge in [-0.25, -0.2) is 4.98 Å². The highest BCUT2D eigenvalue weighted by molar-refractivity contribution is 6.31. The number of benzene rings is 2. The summed E-state index contributed by atoms with van der Waals surface area (Å²) in [5, 5.41) is 0.942. The Hall–Kier alpha value is -2.99. The molecule has 2 amide bonds. The number of rotatable bonds is 3. The van der Waals surface area contributed by atoms with Gasteiger partial charge in [0.15, 0.2) is 0 Å². The first kappa shape index (κ1) is 15.5. The second kappa shape index (κ2) is 5.82. The highest BCUT2D eigenvalue weighted by atomic mass is 35.5. The summed E-state index contributed by atoms with van der Waals surface area (Å²) in [6.45, 7) is 0.281. The predicted molar refractivity (Wildman–Crippen MR) is 92.8 cm³/mol. The van der Waals surface area contributed by atoms with Crippen LogP contribution < -0.4 is 5.56 Å². The van der Waals surface area contributed by atoms with E-state index in [1.807, 2.05) is 0 Å². The molecule has 6 nitrogen and oxygen atoms in total. The minimum absolute atomic E-state index is 0.104. The van der Waals surface area contributed by atoms with E-state index in [-0.39, 0.29) is 30.5 Å². The van der Waals surface area contributed by atoms with Crippen LogP contribution in [0, 0.1) is 0 Å². The Balaban J connectivity index is 1.61. The van der Waals surface area contributed by atoms with Crippen LogP contribution in [0.4, 0.5) is 0 Å². The normalized spacial score (nSPS) is 13.6. The van der Waals surface area contributed by atoms with Crippen molar-refractivity contribution in [2.45, 2.75) is 6.54 Å². The zero-order chi connectivity index (χ0) is 17.6. The molecule has 124 valence electrons. The minimum atomic E-state index is -0.339. The third-order valence-electron chi connectivity index (χ3n) is 4.23. The van der Waals surface area contributed by atoms with Crippen LogP contribution in [0.25, 0.3) is 10.9 Å². The van der Waals surface area contributed by atoms with E-state index in [2.05, 4.69) is 4.98 Å². The summed E-state index contributed by atoms with van der Waals surface area (Å²) in [7, 11) is 0. The lowest BCUT2D eigenvalue weighted by Gasteiger charge is -2.14. The zero-order valence-electron chi connectivity index (χ0n) is 13.0. The van der Waals surface area contributed by atoms with Crippen LogP contribution in [-0.2, 0) is 6.54 Å². The molecule has 0 unspecified atom stereocenters. The third-order valence-corrected chi connectivity index (χ3v) is 4.47. The fourth-order valence-corrected chi connectivity index (χ4v) is 3.11. The van der Waals surface area contributed by atoms with E-state index in [1.54, 1.807) is 42.5 Å². The lowest BCUT2D eigenvalue weighted by molar-refractivity contribution is 0.0648. The van der Waals surface area contributed by atoms with Crippen LogP contribution in [-0.4, -0.2) is 32.8 Å². The SMILES string of the molecule is O=C1c2ccccc2C(=O)N1CCn1cnc2cc(Cl)ccc2c1=O. The number of fused-ring (bicyclic) bond motifs is 2. The Kier molecular flexibility index (Phi) is 3.62. The minimum Gasteiger partial charge on any atom is -0.297 e. The van der Waals surface area contributed by atoms with E-state index in [0.717, 1.165) is 4.90 Å². The molecule has 1 aliphatic rings. The van der Waals surface area contributed by atoms with Crippen LogP contribution >= 0.6 is 11.6 Å². The maximum absolute atomic E-state index is 12.5. The van der Waals surface area contributed by atoms with Gasteiger partial charge in [-0.1, -0.05) is 23.7 Å². The summed E-state index contributed by atoms with van der Waals surface area (Å²) >= 11 is 5.90. The van der Waals surface area contributed by atoms with Gasteiger partial charge in [0, 0.05) is 18.1 Å². The number of hydrogen-bond donors (Lipinski definition) is 0. The number of carbonyl (C=O) groups excluding carboxylic acids is 2. The summed E-state index contributed by atoms with van der Waals surface area (Å²) in [6.07, 6.45) is 1.40. The highest BCUT2D eigenvalue weighted by Gasteiger charge is 2.34. The Morgan fingerprint density at radius 2 is 1.60 bits per heavy atom. The van der Waals surface area contributed by atoms with Crippen molar-refractivity contribution < 1.29 is 9.59 Å². The molecule has 7 heteroatoms. The number of imide groups is 1. The monoisotopic (exact) mass is 353 g/mol. The van der Waals surface area contributed by atoms with Crippen LogP contribution in [0.5, 0.6) is 0 Å². The second-order valence-corrected chi connectivity index (χ2v) is 6.15. The van der Waals surface area contributed by atoms with Crippen molar-refractivity contribution in [2.75, 3.05) is 6.54 Å². The van der Waals surface area contributed by atoms with E-state index >= 15 is 0 Å². The summed E-state index contributed by atoms with van der Waals surface area (Å²) in [6, 6.07) is 11.6. The molecular formula is C18H12ClN3O3. The Labute approximate surface area is 147 Å². The van der Waals surface area contributed by atoms with Crippen molar-refractivity contribution in [1.29, 1.82) is 0 Å². The van der Waals surface area contributed by atoms with Crippen molar-refractivity contribution in [3.05, 3.63) is 75.3 Å². The molecule has 0 atom stereocenters. The standard InChI is InChI=1S/C18H12ClN3O3/c19-11-5-6-14-15(9-11)20-10-21(16(14)23)7-8-22-17(24)12-3-1-2-4-13(12)18(22)25/h1-6,9-10H,7-8H2. The second-order valence-electron chi connectivity index (χ2n) is 5.71. The number of carbonyl (C=O) groups is 2. The molecule has 2 heterocycles. The quantitative estimate of drug-likeness (QED) is 0.677. The lowest BCUT2D eigenvalue weighted by atomic mass is 10.1. The van der Waals surface area contributed by atoms with Gasteiger partial charge in [0.25, 0.3) is 17.4 Å². The van der Waals surface area contributed by atoms with Gasteiger partial charge in [0.1, 0.15) is 0 Å². The predicted octanol–water partition coefficient (Wildman–Crippen LogP) is 2.35. The van der Waals surface area contributed by atoms with Crippen molar-refractivity contribution in [1.82, 2.24) is 14.5 Å². The molecule has 2 aromatic carbocycles. The molecule has 0 spiro atoms. The average Bonchev–Trinajstić information content (AvgIpc) is 2.86. The van der Waals surface area contributed by atoms with E-state index in [4.69, 9.17) is 11.6 Å². The van der Waals surface area contributed by atoms with Gasteiger partial charge < -0.3 is 0 Å². The molecule has 0 aliphatic carbocycles. The third kappa shape index (κ3) is 2.51. The highest BCUT2D eigenvalue weighted by Crippen LogP contribution is 2.22. The molecule has 0 N–H and O–H groups in total. The van der Waals surface area contributed by atoms with Gasteiger partial charge in [0.2, 0.25) is 0 Å². The van der Waals surface area contributed by atoms with Gasteiger partial charge in [0.05, 0.1) is 28.4 Å². The fraction of sp³-hybridized carbons (Fsp3) is 0.111. The van der Waals surface area contributed by atoms with Crippen LogP contribution in [0.1, 0.15) is 20.7 Å². The van der Waals surface area contributed by atoms with Gasteiger partial charge in [-0.15, -0.1) is 0 Å². The van der Waals surface area contributed by atoms with Gasteiger partial charge >= 0.3 is 0 Å². The zero-order valence-corrected chi connectivity index (χ0v) is 13.7. The first-order valence-corrected chi connectivity index (χ1v) is 8.04. The molecule has 0 radical (unpaired) electrons. The Morgan fingerprint density at radius 3 is 2.28 bits per heavy atom. The van der Waals surface area contributed by atoms with Crippen LogP contribution in [0.3, 0.4) is 0 Å². The number of amides is 2. The summed E-state index contributed by atoms with van der Waals surface area (Å²) in [5.74, 6) is -0.677. The van der Waals surface area contributed by atoms with E-state index in [1.165, 1.54) is 10.9 Å². The van der Waals surface area contributed by atoms with Gasteiger partial charge in [-0.05, 0) is 30.3 Å². The van der Waals surface area contributed by atoms with Crippen LogP contribution in [0.15, 0.2) is 53.6 Å². The number of halogens is 1. The average molecular weight is 354 g/mol. The first-order chi connectivity index (χ1) is 12.1. The van der Waals surface area contributed by atoms with Crippen LogP contribution in [0.2, 0.25) is 5.02 Å². The summed E-state index contributed by atoms with van der Waals surface area (Å²) in [4.78, 5) is 42.6. The molecule has 25 heavy (non-hydrogen) atoms. The van der Waals surface area contributed by atoms with E-state index in [0.29, 0.717) is 27.1 Å². The molecule has 0 saturated heterocycles. The van der Waals surface area contributed by atoms with Crippen molar-refractivity contribution >= 4 is 34.3 Å². The largest absolute Gasteiger partial charge is 0.297 e. The molecule has 4 rings (SSSR count). The van der Waals surface area contributed by atoms with Crippen molar-refractivity contribution in [3.8, 4) is 0 Å². The van der Waals surface area contributed by atoms with E-state index < -0.39 is 0 Å². The molecular weight excluding hydrogens is 342 g/mol. The smallest absolute Gasteiger partial charge is 0.261 e. The number of nitrogens with zero attached hydrogens (tertiary/aromatic N) is 3. The number of hydrogen-bond acceptors (Lipinski definition) is 4. The van der Waals surface area contributed by atoms with Gasteiger partial charge in [-0.3, -0.25) is 23.9 Å². The first-order valence-electron chi connectivity index (χ1n) is 7.66. The molecule has 0 saturated carbocycles. The topological polar surface area (TPSA) is 72.3 Å². The van der Waals surface area contributed by atoms with E-state index in [9.17, 15) is 14.4 Å². The van der Waals surface area contributed by atoms with Gasteiger partial charge in [-0.2, -0.15) is 0 Å². The summed E-state index contributed by atoms with van der Waals surface area (Å²) < 4.78 is 1.39. The Morgan fingerprint density at radius 1 is 0.920 bits per heavy atom.